The topological polar surface area (TPSA) is 64.2 Å². The van der Waals surface area contributed by atoms with Crippen molar-refractivity contribution in [2.45, 2.75) is 32.3 Å². The SMILES string of the molecule is COC(=O)c1cccc2c(COCC[Si](C)(C)C)[nH]nc12. The van der Waals surface area contributed by atoms with Gasteiger partial charge < -0.3 is 9.47 Å². The summed E-state index contributed by atoms with van der Waals surface area (Å²) in [5.74, 6) is -0.377. The molecule has 0 aliphatic rings. The molecule has 0 atom stereocenters. The normalized spacial score (nSPS) is 11.8. The molecule has 2 aromatic rings. The van der Waals surface area contributed by atoms with Gasteiger partial charge in [-0.1, -0.05) is 31.8 Å². The second-order valence-corrected chi connectivity index (χ2v) is 11.9. The van der Waals surface area contributed by atoms with Gasteiger partial charge >= 0.3 is 5.97 Å². The number of hydrogen-bond donors (Lipinski definition) is 1. The molecule has 2 rings (SSSR count). The summed E-state index contributed by atoms with van der Waals surface area (Å²) in [6, 6.07) is 6.61. The highest BCUT2D eigenvalue weighted by atomic mass is 28.3. The lowest BCUT2D eigenvalue weighted by Gasteiger charge is -2.15. The third-order valence-electron chi connectivity index (χ3n) is 3.31. The molecule has 0 bridgehead atoms. The first-order valence-corrected chi connectivity index (χ1v) is 10.7. The predicted octanol–water partition coefficient (Wildman–Crippen LogP) is 3.20. The summed E-state index contributed by atoms with van der Waals surface area (Å²) in [5, 5.41) is 8.09. The molecule has 0 radical (unpaired) electrons. The lowest BCUT2D eigenvalue weighted by atomic mass is 10.1. The second-order valence-electron chi connectivity index (χ2n) is 6.26. The quantitative estimate of drug-likeness (QED) is 0.505. The molecule has 1 aromatic heterocycles. The van der Waals surface area contributed by atoms with Gasteiger partial charge in [0.05, 0.1) is 25.0 Å². The molecule has 0 spiro atoms. The van der Waals surface area contributed by atoms with E-state index in [1.165, 1.54) is 7.11 Å². The Morgan fingerprint density at radius 3 is 2.76 bits per heavy atom. The summed E-state index contributed by atoms with van der Waals surface area (Å²) in [4.78, 5) is 11.7. The number of fused-ring (bicyclic) bond motifs is 1. The van der Waals surface area contributed by atoms with Crippen molar-refractivity contribution in [3.8, 4) is 0 Å². The fraction of sp³-hybridized carbons (Fsp3) is 0.467. The number of rotatable bonds is 6. The van der Waals surface area contributed by atoms with Crippen LogP contribution in [0.2, 0.25) is 25.7 Å². The van der Waals surface area contributed by atoms with E-state index >= 15 is 0 Å². The summed E-state index contributed by atoms with van der Waals surface area (Å²) >= 11 is 0. The molecule has 0 aliphatic heterocycles. The molecular formula is C15H22N2O3Si. The maximum Gasteiger partial charge on any atom is 0.340 e. The van der Waals surface area contributed by atoms with Crippen molar-refractivity contribution in [3.05, 3.63) is 29.5 Å². The van der Waals surface area contributed by atoms with Gasteiger partial charge in [-0.3, -0.25) is 5.10 Å². The number of nitrogens with one attached hydrogen (secondary N) is 1. The van der Waals surface area contributed by atoms with Crippen LogP contribution in [0.15, 0.2) is 18.2 Å². The van der Waals surface area contributed by atoms with E-state index in [2.05, 4.69) is 29.8 Å². The molecule has 6 heteroatoms. The highest BCUT2D eigenvalue weighted by Crippen LogP contribution is 2.21. The van der Waals surface area contributed by atoms with E-state index in [0.717, 1.165) is 23.7 Å². The van der Waals surface area contributed by atoms with Crippen molar-refractivity contribution in [1.29, 1.82) is 0 Å². The highest BCUT2D eigenvalue weighted by molar-refractivity contribution is 6.76. The molecule has 5 nitrogen and oxygen atoms in total. The number of carbonyl (C=O) groups excluding carboxylic acids is 1. The van der Waals surface area contributed by atoms with E-state index in [1.807, 2.05) is 12.1 Å². The van der Waals surface area contributed by atoms with Crippen LogP contribution < -0.4 is 0 Å². The smallest absolute Gasteiger partial charge is 0.340 e. The fourth-order valence-electron chi connectivity index (χ4n) is 2.03. The van der Waals surface area contributed by atoms with Gasteiger partial charge in [-0.2, -0.15) is 5.10 Å². The molecule has 1 heterocycles. The van der Waals surface area contributed by atoms with Crippen LogP contribution in [0, 0.1) is 0 Å². The van der Waals surface area contributed by atoms with E-state index in [1.54, 1.807) is 6.07 Å². The van der Waals surface area contributed by atoms with Gasteiger partial charge in [0.25, 0.3) is 0 Å². The van der Waals surface area contributed by atoms with Crippen LogP contribution in [0.3, 0.4) is 0 Å². The maximum absolute atomic E-state index is 11.7. The zero-order chi connectivity index (χ0) is 15.5. The summed E-state index contributed by atoms with van der Waals surface area (Å²) in [6.07, 6.45) is 0. The van der Waals surface area contributed by atoms with Gasteiger partial charge in [-0.15, -0.1) is 0 Å². The summed E-state index contributed by atoms with van der Waals surface area (Å²) in [7, 11) is 0.296. The number of nitrogens with zero attached hydrogens (tertiary/aromatic N) is 1. The highest BCUT2D eigenvalue weighted by Gasteiger charge is 2.16. The molecule has 1 aromatic carbocycles. The van der Waals surface area contributed by atoms with Crippen LogP contribution in [-0.4, -0.2) is 38.0 Å². The number of hydrogen-bond acceptors (Lipinski definition) is 4. The van der Waals surface area contributed by atoms with Crippen LogP contribution >= 0.6 is 0 Å². The van der Waals surface area contributed by atoms with E-state index in [9.17, 15) is 4.79 Å². The Morgan fingerprint density at radius 1 is 1.33 bits per heavy atom. The fourth-order valence-corrected chi connectivity index (χ4v) is 2.79. The molecule has 0 saturated heterocycles. The van der Waals surface area contributed by atoms with Crippen molar-refractivity contribution in [2.75, 3.05) is 13.7 Å². The average Bonchev–Trinajstić information content (AvgIpc) is 2.85. The van der Waals surface area contributed by atoms with Gasteiger partial charge in [0.15, 0.2) is 0 Å². The first-order valence-electron chi connectivity index (χ1n) is 7.04. The van der Waals surface area contributed by atoms with Crippen molar-refractivity contribution >= 4 is 24.9 Å². The van der Waals surface area contributed by atoms with Crippen molar-refractivity contribution in [2.24, 2.45) is 0 Å². The standard InChI is InChI=1S/C15H22N2O3Si/c1-19-15(18)12-7-5-6-11-13(16-17-14(11)12)10-20-8-9-21(2,3)4/h5-7H,8-10H2,1-4H3,(H,16,17). The van der Waals surface area contributed by atoms with Crippen LogP contribution in [0.4, 0.5) is 0 Å². The van der Waals surface area contributed by atoms with E-state index < -0.39 is 8.07 Å². The second kappa shape index (κ2) is 6.40. The largest absolute Gasteiger partial charge is 0.465 e. The number of esters is 1. The van der Waals surface area contributed by atoms with E-state index in [0.29, 0.717) is 17.7 Å². The average molecular weight is 306 g/mol. The van der Waals surface area contributed by atoms with Crippen molar-refractivity contribution in [3.63, 3.8) is 0 Å². The van der Waals surface area contributed by atoms with Gasteiger partial charge in [0.2, 0.25) is 0 Å². The zero-order valence-corrected chi connectivity index (χ0v) is 14.0. The Labute approximate surface area is 125 Å². The molecule has 0 fully saturated rings. The molecule has 0 saturated carbocycles. The summed E-state index contributed by atoms with van der Waals surface area (Å²) < 4.78 is 10.5. The maximum atomic E-state index is 11.7. The minimum absolute atomic E-state index is 0.377. The van der Waals surface area contributed by atoms with E-state index in [4.69, 9.17) is 9.47 Å². The molecular weight excluding hydrogens is 284 g/mol. The number of ether oxygens (including phenoxy) is 2. The number of aromatic amines is 1. The minimum Gasteiger partial charge on any atom is -0.465 e. The zero-order valence-electron chi connectivity index (χ0n) is 13.0. The predicted molar refractivity (Wildman–Crippen MR) is 85.2 cm³/mol. The Morgan fingerprint density at radius 2 is 2.10 bits per heavy atom. The molecule has 21 heavy (non-hydrogen) atoms. The van der Waals surface area contributed by atoms with Gasteiger partial charge in [-0.25, -0.2) is 4.79 Å². The molecule has 1 N–H and O–H groups in total. The van der Waals surface area contributed by atoms with Crippen LogP contribution in [-0.2, 0) is 16.1 Å². The van der Waals surface area contributed by atoms with Crippen LogP contribution in [0.1, 0.15) is 16.1 Å². The Balaban J connectivity index is 2.10. The number of methoxy groups -OCH3 is 1. The van der Waals surface area contributed by atoms with Gasteiger partial charge in [0, 0.05) is 20.1 Å². The Hall–Kier alpha value is -1.66. The Bertz CT molecular complexity index is 631. The monoisotopic (exact) mass is 306 g/mol. The first-order chi connectivity index (χ1) is 9.92. The molecule has 0 amide bonds. The number of carbonyl (C=O) groups is 1. The molecule has 0 unspecified atom stereocenters. The number of aromatic nitrogens is 2. The minimum atomic E-state index is -1.07. The molecule has 0 aliphatic carbocycles. The van der Waals surface area contributed by atoms with Crippen molar-refractivity contribution < 1.29 is 14.3 Å². The van der Waals surface area contributed by atoms with Gasteiger partial charge in [0.1, 0.15) is 5.52 Å². The lowest BCUT2D eigenvalue weighted by molar-refractivity contribution is 0.0602. The number of para-hydroxylation sites is 1. The van der Waals surface area contributed by atoms with Crippen LogP contribution in [0.25, 0.3) is 10.9 Å². The summed E-state index contributed by atoms with van der Waals surface area (Å²) in [5.41, 5.74) is 2.00. The number of H-pyrrole nitrogens is 1. The number of benzene rings is 1. The van der Waals surface area contributed by atoms with E-state index in [-0.39, 0.29) is 5.97 Å². The third kappa shape index (κ3) is 3.92. The third-order valence-corrected chi connectivity index (χ3v) is 5.02. The van der Waals surface area contributed by atoms with Crippen molar-refractivity contribution in [1.82, 2.24) is 10.2 Å². The first kappa shape index (κ1) is 15.7. The lowest BCUT2D eigenvalue weighted by Crippen LogP contribution is -2.21. The van der Waals surface area contributed by atoms with Gasteiger partial charge in [-0.05, 0) is 12.1 Å². The summed E-state index contributed by atoms with van der Waals surface area (Å²) in [6.45, 7) is 8.21. The van der Waals surface area contributed by atoms with Crippen LogP contribution in [0.5, 0.6) is 0 Å². The Kier molecular flexibility index (Phi) is 4.79. The molecule has 114 valence electrons.